The first-order chi connectivity index (χ1) is 10.3. The molecule has 0 aliphatic rings. The zero-order chi connectivity index (χ0) is 14.7. The summed E-state index contributed by atoms with van der Waals surface area (Å²) in [6.45, 7) is 4.42. The summed E-state index contributed by atoms with van der Waals surface area (Å²) in [5.41, 5.74) is 3.08. The van der Waals surface area contributed by atoms with Crippen LogP contribution < -0.4 is 0 Å². The Morgan fingerprint density at radius 1 is 1.29 bits per heavy atom. The van der Waals surface area contributed by atoms with Crippen LogP contribution in [0.4, 0.5) is 0 Å². The van der Waals surface area contributed by atoms with Crippen LogP contribution in [-0.2, 0) is 11.3 Å². The van der Waals surface area contributed by atoms with Crippen LogP contribution in [0.15, 0.2) is 30.5 Å². The molecule has 1 aromatic carbocycles. The number of pyridine rings is 1. The predicted molar refractivity (Wildman–Crippen MR) is 88.2 cm³/mol. The molecule has 0 amide bonds. The Morgan fingerprint density at radius 2 is 2.14 bits per heavy atom. The maximum atomic E-state index is 5.67. The molecule has 0 aliphatic carbocycles. The van der Waals surface area contributed by atoms with E-state index in [1.54, 1.807) is 0 Å². The second kappa shape index (κ2) is 6.37. The highest BCUT2D eigenvalue weighted by Gasteiger charge is 2.09. The molecule has 4 nitrogen and oxygen atoms in total. The molecule has 0 spiro atoms. The van der Waals surface area contributed by atoms with Gasteiger partial charge in [-0.3, -0.25) is 4.98 Å². The fourth-order valence-corrected chi connectivity index (χ4v) is 2.80. The van der Waals surface area contributed by atoms with Crippen molar-refractivity contribution in [3.05, 3.63) is 35.2 Å². The second-order valence-electron chi connectivity index (χ2n) is 5.09. The topological polar surface area (TPSA) is 42.8 Å². The van der Waals surface area contributed by atoms with Crippen molar-refractivity contribution in [2.75, 3.05) is 13.2 Å². The molecule has 2 aromatic heterocycles. The average molecular weight is 301 g/mol. The van der Waals surface area contributed by atoms with E-state index in [9.17, 15) is 0 Å². The highest BCUT2D eigenvalue weighted by Crippen LogP contribution is 2.23. The van der Waals surface area contributed by atoms with Crippen molar-refractivity contribution in [3.8, 4) is 0 Å². The minimum absolute atomic E-state index is 0.678. The van der Waals surface area contributed by atoms with Gasteiger partial charge in [0, 0.05) is 18.5 Å². The summed E-state index contributed by atoms with van der Waals surface area (Å²) in [4.78, 5) is 7.69. The molecule has 3 rings (SSSR count). The molecule has 0 radical (unpaired) electrons. The zero-order valence-corrected chi connectivity index (χ0v) is 12.9. The Labute approximate surface area is 128 Å². The molecule has 21 heavy (non-hydrogen) atoms. The fraction of sp³-hybridized carbons (Fsp3) is 0.375. The number of fused-ring (bicyclic) bond motifs is 3. The molecule has 0 aliphatic heterocycles. The van der Waals surface area contributed by atoms with E-state index in [0.29, 0.717) is 6.61 Å². The number of nitrogens with zero attached hydrogens (tertiary/aromatic N) is 2. The second-order valence-corrected chi connectivity index (χ2v) is 5.47. The molecule has 0 atom stereocenters. The quantitative estimate of drug-likeness (QED) is 0.551. The normalized spacial score (nSPS) is 11.5. The van der Waals surface area contributed by atoms with Gasteiger partial charge < -0.3 is 14.3 Å². The molecule has 0 saturated heterocycles. The summed E-state index contributed by atoms with van der Waals surface area (Å²) in [6.07, 6.45) is 4.11. The predicted octanol–water partition coefficient (Wildman–Crippen LogP) is 4.06. The molecule has 2 heterocycles. The van der Waals surface area contributed by atoms with Gasteiger partial charge in [0.15, 0.2) is 4.77 Å². The average Bonchev–Trinajstić information content (AvgIpc) is 2.83. The van der Waals surface area contributed by atoms with E-state index in [4.69, 9.17) is 17.0 Å². The van der Waals surface area contributed by atoms with Gasteiger partial charge in [-0.25, -0.2) is 0 Å². The standard InChI is InChI=1S/C16H19N3OS/c1-2-3-9-20-10-8-19-15-12-6-4-5-7-13(12)17-11-14(15)18-16(19)21/h4-7,11H,2-3,8-10H2,1H3,(H,18,21). The SMILES string of the molecule is CCCCOCCn1c(=S)[nH]c2cnc3ccccc3c21. The molecule has 0 unspecified atom stereocenters. The Balaban J connectivity index is 1.95. The molecule has 0 fully saturated rings. The van der Waals surface area contributed by atoms with Crippen LogP contribution in [0.25, 0.3) is 21.9 Å². The van der Waals surface area contributed by atoms with Crippen molar-refractivity contribution in [1.29, 1.82) is 0 Å². The van der Waals surface area contributed by atoms with E-state index in [1.165, 1.54) is 0 Å². The highest BCUT2D eigenvalue weighted by atomic mass is 32.1. The van der Waals surface area contributed by atoms with Gasteiger partial charge in [-0.05, 0) is 24.7 Å². The van der Waals surface area contributed by atoms with Crippen LogP contribution in [0.5, 0.6) is 0 Å². The Kier molecular flexibility index (Phi) is 4.31. The number of benzene rings is 1. The number of para-hydroxylation sites is 1. The summed E-state index contributed by atoms with van der Waals surface area (Å²) in [5, 5.41) is 1.12. The first-order valence-electron chi connectivity index (χ1n) is 7.35. The van der Waals surface area contributed by atoms with Crippen molar-refractivity contribution in [2.24, 2.45) is 0 Å². The minimum atomic E-state index is 0.678. The zero-order valence-electron chi connectivity index (χ0n) is 12.1. The number of hydrogen-bond donors (Lipinski definition) is 1. The maximum Gasteiger partial charge on any atom is 0.178 e. The summed E-state index contributed by atoms with van der Waals surface area (Å²) in [5.74, 6) is 0. The lowest BCUT2D eigenvalue weighted by Crippen LogP contribution is -2.07. The van der Waals surface area contributed by atoms with Crippen molar-refractivity contribution in [3.63, 3.8) is 0 Å². The number of ether oxygens (including phenoxy) is 1. The van der Waals surface area contributed by atoms with Gasteiger partial charge in [0.05, 0.1) is 29.4 Å². The first kappa shape index (κ1) is 14.2. The molecule has 1 N–H and O–H groups in total. The number of imidazole rings is 1. The Bertz CT molecular complexity index is 806. The summed E-state index contributed by atoms with van der Waals surface area (Å²) in [7, 11) is 0. The largest absolute Gasteiger partial charge is 0.380 e. The van der Waals surface area contributed by atoms with E-state index < -0.39 is 0 Å². The smallest absolute Gasteiger partial charge is 0.178 e. The van der Waals surface area contributed by atoms with E-state index in [0.717, 1.165) is 52.7 Å². The van der Waals surface area contributed by atoms with Gasteiger partial charge in [-0.1, -0.05) is 31.5 Å². The maximum absolute atomic E-state index is 5.67. The first-order valence-corrected chi connectivity index (χ1v) is 7.76. The van der Waals surface area contributed by atoms with Gasteiger partial charge in [0.1, 0.15) is 0 Å². The lowest BCUT2D eigenvalue weighted by molar-refractivity contribution is 0.124. The van der Waals surface area contributed by atoms with E-state index in [-0.39, 0.29) is 0 Å². The van der Waals surface area contributed by atoms with Crippen LogP contribution in [0.1, 0.15) is 19.8 Å². The van der Waals surface area contributed by atoms with E-state index >= 15 is 0 Å². The van der Waals surface area contributed by atoms with Crippen LogP contribution in [-0.4, -0.2) is 27.7 Å². The van der Waals surface area contributed by atoms with Crippen LogP contribution in [0, 0.1) is 4.77 Å². The molecular formula is C16H19N3OS. The van der Waals surface area contributed by atoms with Gasteiger partial charge in [0.2, 0.25) is 0 Å². The van der Waals surface area contributed by atoms with Gasteiger partial charge >= 0.3 is 0 Å². The number of aromatic nitrogens is 3. The van der Waals surface area contributed by atoms with Gasteiger partial charge in [-0.15, -0.1) is 0 Å². The van der Waals surface area contributed by atoms with Gasteiger partial charge in [0.25, 0.3) is 0 Å². The minimum Gasteiger partial charge on any atom is -0.380 e. The number of H-pyrrole nitrogens is 1. The van der Waals surface area contributed by atoms with E-state index in [2.05, 4.69) is 27.5 Å². The van der Waals surface area contributed by atoms with E-state index in [1.807, 2.05) is 24.4 Å². The lowest BCUT2D eigenvalue weighted by atomic mass is 10.2. The Morgan fingerprint density at radius 3 is 3.00 bits per heavy atom. The van der Waals surface area contributed by atoms with Crippen LogP contribution >= 0.6 is 12.2 Å². The third-order valence-corrected chi connectivity index (χ3v) is 3.93. The van der Waals surface area contributed by atoms with Crippen molar-refractivity contribution < 1.29 is 4.74 Å². The lowest BCUT2D eigenvalue weighted by Gasteiger charge is -2.07. The van der Waals surface area contributed by atoms with Crippen molar-refractivity contribution in [2.45, 2.75) is 26.3 Å². The molecule has 5 heteroatoms. The third kappa shape index (κ3) is 2.84. The van der Waals surface area contributed by atoms with Crippen molar-refractivity contribution >= 4 is 34.2 Å². The third-order valence-electron chi connectivity index (χ3n) is 3.61. The number of rotatable bonds is 6. The van der Waals surface area contributed by atoms with Crippen LogP contribution in [0.3, 0.4) is 0 Å². The number of aromatic amines is 1. The summed E-state index contributed by atoms with van der Waals surface area (Å²) >= 11 is 5.44. The highest BCUT2D eigenvalue weighted by molar-refractivity contribution is 7.71. The number of nitrogens with one attached hydrogen (secondary N) is 1. The molecule has 0 saturated carbocycles. The van der Waals surface area contributed by atoms with Crippen LogP contribution in [0.2, 0.25) is 0 Å². The monoisotopic (exact) mass is 301 g/mol. The summed E-state index contributed by atoms with van der Waals surface area (Å²) in [6, 6.07) is 8.14. The summed E-state index contributed by atoms with van der Waals surface area (Å²) < 4.78 is 8.50. The van der Waals surface area contributed by atoms with Crippen molar-refractivity contribution in [1.82, 2.24) is 14.5 Å². The number of unbranched alkanes of at least 4 members (excludes halogenated alkanes) is 1. The molecule has 0 bridgehead atoms. The fourth-order valence-electron chi connectivity index (χ4n) is 2.51. The number of hydrogen-bond acceptors (Lipinski definition) is 3. The molecule has 3 aromatic rings. The molecule has 110 valence electrons. The molecular weight excluding hydrogens is 282 g/mol. The van der Waals surface area contributed by atoms with Gasteiger partial charge in [-0.2, -0.15) is 0 Å². The Hall–Kier alpha value is -1.72.